The molecule has 114 valence electrons. The monoisotopic (exact) mass is 351 g/mol. The number of amidine groups is 1. The molecule has 1 aliphatic heterocycles. The maximum atomic E-state index is 8.98. The number of halogens is 1. The highest BCUT2D eigenvalue weighted by atomic mass is 79.9. The number of hydrogen-bond donors (Lipinski definition) is 2. The van der Waals surface area contributed by atoms with E-state index in [-0.39, 0.29) is 5.84 Å². The number of anilines is 1. The number of hydrogen-bond acceptors (Lipinski definition) is 3. The molecule has 1 saturated heterocycles. The highest BCUT2D eigenvalue weighted by Crippen LogP contribution is 2.47. The number of nitrogens with two attached hydrogens (primary N) is 1. The lowest BCUT2D eigenvalue weighted by Gasteiger charge is -2.41. The Balaban J connectivity index is 1.83. The van der Waals surface area contributed by atoms with Gasteiger partial charge >= 0.3 is 0 Å². The van der Waals surface area contributed by atoms with Crippen molar-refractivity contribution < 1.29 is 5.21 Å². The van der Waals surface area contributed by atoms with Gasteiger partial charge in [0.05, 0.1) is 0 Å². The van der Waals surface area contributed by atoms with E-state index >= 15 is 0 Å². The van der Waals surface area contributed by atoms with E-state index in [1.807, 2.05) is 12.1 Å². The van der Waals surface area contributed by atoms with Gasteiger partial charge in [0.1, 0.15) is 0 Å². The molecule has 0 radical (unpaired) electrons. The predicted octanol–water partition coefficient (Wildman–Crippen LogP) is 3.70. The van der Waals surface area contributed by atoms with Gasteiger partial charge in [-0.3, -0.25) is 0 Å². The van der Waals surface area contributed by atoms with Crippen LogP contribution in [-0.2, 0) is 0 Å². The van der Waals surface area contributed by atoms with Gasteiger partial charge < -0.3 is 15.8 Å². The van der Waals surface area contributed by atoms with E-state index in [0.717, 1.165) is 28.8 Å². The molecule has 4 nitrogen and oxygen atoms in total. The Bertz CT molecular complexity index is 542. The van der Waals surface area contributed by atoms with Gasteiger partial charge in [-0.05, 0) is 49.3 Å². The van der Waals surface area contributed by atoms with E-state index in [1.54, 1.807) is 0 Å². The topological polar surface area (TPSA) is 61.9 Å². The third kappa shape index (κ3) is 2.89. The van der Waals surface area contributed by atoms with E-state index in [1.165, 1.54) is 38.5 Å². The van der Waals surface area contributed by atoms with Crippen LogP contribution in [0.3, 0.4) is 0 Å². The number of rotatable bonds is 2. The molecule has 2 fully saturated rings. The zero-order valence-electron chi connectivity index (χ0n) is 12.2. The third-order valence-electron chi connectivity index (χ3n) is 5.17. The van der Waals surface area contributed by atoms with E-state index < -0.39 is 0 Å². The first-order valence-electron chi connectivity index (χ1n) is 7.66. The predicted molar refractivity (Wildman–Crippen MR) is 89.0 cm³/mol. The molecule has 0 atom stereocenters. The summed E-state index contributed by atoms with van der Waals surface area (Å²) in [6, 6.07) is 5.91. The number of nitrogens with zero attached hydrogens (tertiary/aromatic N) is 2. The minimum Gasteiger partial charge on any atom is -0.409 e. The first kappa shape index (κ1) is 14.7. The molecule has 0 aromatic heterocycles. The average molecular weight is 352 g/mol. The summed E-state index contributed by atoms with van der Waals surface area (Å²) < 4.78 is 1.02. The Kier molecular flexibility index (Phi) is 4.11. The highest BCUT2D eigenvalue weighted by molar-refractivity contribution is 9.10. The van der Waals surface area contributed by atoms with E-state index in [2.05, 4.69) is 32.1 Å². The zero-order chi connectivity index (χ0) is 14.9. The second kappa shape index (κ2) is 5.87. The van der Waals surface area contributed by atoms with Crippen LogP contribution in [0.2, 0.25) is 0 Å². The second-order valence-corrected chi connectivity index (χ2v) is 7.26. The Hall–Kier alpha value is -1.23. The molecular weight excluding hydrogens is 330 g/mol. The van der Waals surface area contributed by atoms with Crippen LogP contribution in [0.1, 0.15) is 44.1 Å². The number of benzene rings is 1. The van der Waals surface area contributed by atoms with Crippen molar-refractivity contribution in [2.45, 2.75) is 38.5 Å². The molecule has 1 spiro atoms. The van der Waals surface area contributed by atoms with Crippen molar-refractivity contribution in [2.24, 2.45) is 16.3 Å². The quantitative estimate of drug-likeness (QED) is 0.369. The van der Waals surface area contributed by atoms with Crippen LogP contribution in [0.4, 0.5) is 5.69 Å². The van der Waals surface area contributed by atoms with Crippen LogP contribution >= 0.6 is 15.9 Å². The smallest absolute Gasteiger partial charge is 0.172 e. The van der Waals surface area contributed by atoms with Gasteiger partial charge in [0, 0.05) is 28.8 Å². The summed E-state index contributed by atoms with van der Waals surface area (Å²) in [5, 5.41) is 12.1. The summed E-state index contributed by atoms with van der Waals surface area (Å²) in [4.78, 5) is 2.38. The van der Waals surface area contributed by atoms with Crippen molar-refractivity contribution in [3.8, 4) is 0 Å². The summed E-state index contributed by atoms with van der Waals surface area (Å²) >= 11 is 3.52. The summed E-state index contributed by atoms with van der Waals surface area (Å²) in [5.41, 5.74) is 8.29. The van der Waals surface area contributed by atoms with Crippen molar-refractivity contribution in [3.05, 3.63) is 28.2 Å². The van der Waals surface area contributed by atoms with Crippen LogP contribution in [0.5, 0.6) is 0 Å². The molecule has 0 amide bonds. The molecular formula is C16H22BrN3O. The maximum absolute atomic E-state index is 8.98. The lowest BCUT2D eigenvalue weighted by molar-refractivity contribution is 0.226. The lowest BCUT2D eigenvalue weighted by atomic mass is 9.77. The SMILES string of the molecule is N/C(=N/O)c1ccc(Br)cc1N1CCC2(CCCC2)CC1. The fraction of sp³-hybridized carbons (Fsp3) is 0.562. The normalized spacial score (nSPS) is 22.0. The standard InChI is InChI=1S/C16H22BrN3O/c17-12-3-4-13(15(18)19-21)14(11-12)20-9-7-16(8-10-20)5-1-2-6-16/h3-4,11,21H,1-2,5-10H2,(H2,18,19). The van der Waals surface area contributed by atoms with Crippen LogP contribution in [0.25, 0.3) is 0 Å². The highest BCUT2D eigenvalue weighted by Gasteiger charge is 2.37. The first-order valence-corrected chi connectivity index (χ1v) is 8.45. The van der Waals surface area contributed by atoms with Crippen molar-refractivity contribution in [3.63, 3.8) is 0 Å². The van der Waals surface area contributed by atoms with Gasteiger partial charge in [-0.25, -0.2) is 0 Å². The summed E-state index contributed by atoms with van der Waals surface area (Å²) in [6.45, 7) is 2.12. The first-order chi connectivity index (χ1) is 10.1. The maximum Gasteiger partial charge on any atom is 0.172 e. The van der Waals surface area contributed by atoms with E-state index in [9.17, 15) is 0 Å². The molecule has 0 bridgehead atoms. The Morgan fingerprint density at radius 3 is 2.48 bits per heavy atom. The Morgan fingerprint density at radius 1 is 1.19 bits per heavy atom. The number of oxime groups is 1. The van der Waals surface area contributed by atoms with Gasteiger partial charge in [0.2, 0.25) is 0 Å². The molecule has 21 heavy (non-hydrogen) atoms. The van der Waals surface area contributed by atoms with Crippen molar-refractivity contribution in [1.29, 1.82) is 0 Å². The van der Waals surface area contributed by atoms with Crippen LogP contribution in [0, 0.1) is 5.41 Å². The van der Waals surface area contributed by atoms with Crippen LogP contribution in [-0.4, -0.2) is 24.1 Å². The third-order valence-corrected chi connectivity index (χ3v) is 5.67. The van der Waals surface area contributed by atoms with Gasteiger partial charge in [-0.2, -0.15) is 0 Å². The van der Waals surface area contributed by atoms with Crippen LogP contribution < -0.4 is 10.6 Å². The minimum absolute atomic E-state index is 0.179. The molecule has 1 aromatic rings. The van der Waals surface area contributed by atoms with E-state index in [4.69, 9.17) is 10.9 Å². The molecule has 0 unspecified atom stereocenters. The summed E-state index contributed by atoms with van der Waals surface area (Å²) in [5.74, 6) is 0.179. The van der Waals surface area contributed by atoms with Crippen molar-refractivity contribution in [2.75, 3.05) is 18.0 Å². The van der Waals surface area contributed by atoms with Crippen molar-refractivity contribution >= 4 is 27.5 Å². The molecule has 1 saturated carbocycles. The minimum atomic E-state index is 0.179. The van der Waals surface area contributed by atoms with E-state index in [0.29, 0.717) is 5.41 Å². The van der Waals surface area contributed by atoms with Gasteiger partial charge in [0.25, 0.3) is 0 Å². The molecule has 1 heterocycles. The molecule has 5 heteroatoms. The molecule has 3 rings (SSSR count). The molecule has 3 N–H and O–H groups in total. The van der Waals surface area contributed by atoms with Gasteiger partial charge in [-0.1, -0.05) is 33.9 Å². The number of piperidine rings is 1. The van der Waals surface area contributed by atoms with Gasteiger partial charge in [0.15, 0.2) is 5.84 Å². The molecule has 1 aromatic carbocycles. The summed E-state index contributed by atoms with van der Waals surface area (Å²) in [6.07, 6.45) is 8.10. The summed E-state index contributed by atoms with van der Waals surface area (Å²) in [7, 11) is 0. The van der Waals surface area contributed by atoms with Crippen LogP contribution in [0.15, 0.2) is 27.8 Å². The fourth-order valence-electron chi connectivity index (χ4n) is 3.88. The average Bonchev–Trinajstić information content (AvgIpc) is 2.95. The Morgan fingerprint density at radius 2 is 1.86 bits per heavy atom. The van der Waals surface area contributed by atoms with Crippen molar-refractivity contribution in [1.82, 2.24) is 0 Å². The Labute approximate surface area is 134 Å². The van der Waals surface area contributed by atoms with Gasteiger partial charge in [-0.15, -0.1) is 0 Å². The zero-order valence-corrected chi connectivity index (χ0v) is 13.8. The second-order valence-electron chi connectivity index (χ2n) is 6.34. The fourth-order valence-corrected chi connectivity index (χ4v) is 4.23. The lowest BCUT2D eigenvalue weighted by Crippen LogP contribution is -2.39. The molecule has 1 aliphatic carbocycles. The molecule has 2 aliphatic rings. The largest absolute Gasteiger partial charge is 0.409 e.